The Kier molecular flexibility index (Phi) is 7.63. The Morgan fingerprint density at radius 1 is 0.850 bits per heavy atom. The van der Waals surface area contributed by atoms with E-state index in [1.54, 1.807) is 0 Å². The van der Waals surface area contributed by atoms with Gasteiger partial charge in [-0.2, -0.15) is 4.31 Å². The van der Waals surface area contributed by atoms with Gasteiger partial charge < -0.3 is 19.8 Å². The molecule has 230 valence electrons. The normalized spacial score (nSPS) is 49.6. The Labute approximate surface area is 240 Å². The van der Waals surface area contributed by atoms with Crippen molar-refractivity contribution < 1.29 is 37.8 Å². The lowest BCUT2D eigenvalue weighted by Gasteiger charge is -2.73. The van der Waals surface area contributed by atoms with E-state index in [0.29, 0.717) is 17.8 Å². The number of aliphatic hydroxyl groups excluding tert-OH is 1. The predicted molar refractivity (Wildman–Crippen MR) is 154 cm³/mol. The van der Waals surface area contributed by atoms with Gasteiger partial charge in [0.15, 0.2) is 0 Å². The number of phosphoric acid groups is 2. The molecule has 0 bridgehead atoms. The number of hydrogen-bond donors (Lipinski definition) is 4. The van der Waals surface area contributed by atoms with Crippen molar-refractivity contribution in [1.29, 1.82) is 0 Å². The second kappa shape index (κ2) is 9.73. The summed E-state index contributed by atoms with van der Waals surface area (Å²) in [6, 6.07) is 0. The van der Waals surface area contributed by atoms with Gasteiger partial charge in [-0.15, -0.1) is 0 Å². The number of hydrogen-bond acceptors (Lipinski definition) is 5. The first kappa shape index (κ1) is 31.4. The third-order valence-electron chi connectivity index (χ3n) is 13.9. The number of allylic oxidation sites excluding steroid dienone is 1. The van der Waals surface area contributed by atoms with Gasteiger partial charge in [-0.3, -0.25) is 4.52 Å². The van der Waals surface area contributed by atoms with Crippen LogP contribution in [0.5, 0.6) is 0 Å². The van der Waals surface area contributed by atoms with Gasteiger partial charge in [-0.05, 0) is 128 Å². The minimum absolute atomic E-state index is 0.0478. The molecular formula is C30H52O8P2. The molecular weight excluding hydrogens is 550 g/mol. The van der Waals surface area contributed by atoms with Crippen LogP contribution in [-0.4, -0.2) is 32.5 Å². The molecule has 10 heteroatoms. The summed E-state index contributed by atoms with van der Waals surface area (Å²) in [5, 5.41) is 11.0. The summed E-state index contributed by atoms with van der Waals surface area (Å²) in [5.74, 6) is 1.99. The third-order valence-corrected chi connectivity index (χ3v) is 16.1. The van der Waals surface area contributed by atoms with Crippen molar-refractivity contribution in [2.24, 2.45) is 56.7 Å². The van der Waals surface area contributed by atoms with Crippen LogP contribution < -0.4 is 0 Å². The van der Waals surface area contributed by atoms with E-state index in [1.165, 1.54) is 0 Å². The molecule has 4 N–H and O–H groups in total. The highest BCUT2D eigenvalue weighted by Gasteiger charge is 2.71. The maximum atomic E-state index is 12.5. The van der Waals surface area contributed by atoms with Crippen molar-refractivity contribution in [3.05, 3.63) is 12.2 Å². The van der Waals surface area contributed by atoms with Gasteiger partial charge in [0.2, 0.25) is 0 Å². The van der Waals surface area contributed by atoms with Gasteiger partial charge in [0, 0.05) is 0 Å². The van der Waals surface area contributed by atoms with Crippen LogP contribution in [0.4, 0.5) is 0 Å². The van der Waals surface area contributed by atoms with E-state index in [9.17, 15) is 19.1 Å². The van der Waals surface area contributed by atoms with Crippen LogP contribution in [0.25, 0.3) is 0 Å². The molecule has 0 aliphatic heterocycles. The Balaban J connectivity index is 1.48. The molecule has 5 aliphatic rings. The first-order valence-corrected chi connectivity index (χ1v) is 18.3. The zero-order valence-corrected chi connectivity index (χ0v) is 27.1. The average molecular weight is 603 g/mol. The molecule has 5 aliphatic carbocycles. The molecule has 1 unspecified atom stereocenters. The van der Waals surface area contributed by atoms with E-state index < -0.39 is 15.6 Å². The largest absolute Gasteiger partial charge is 0.481 e. The number of aliphatic hydroxyl groups is 1. The molecule has 5 rings (SSSR count). The number of fused-ring (bicyclic) bond motifs is 7. The minimum Gasteiger partial charge on any atom is -0.393 e. The maximum absolute atomic E-state index is 12.5. The summed E-state index contributed by atoms with van der Waals surface area (Å²) in [6.45, 7) is 18.5. The zero-order valence-electron chi connectivity index (χ0n) is 25.3. The van der Waals surface area contributed by atoms with Gasteiger partial charge in [0.25, 0.3) is 0 Å². The lowest BCUT2D eigenvalue weighted by atomic mass is 9.32. The fourth-order valence-corrected chi connectivity index (χ4v) is 13.6. The Bertz CT molecular complexity index is 1130. The van der Waals surface area contributed by atoms with Crippen molar-refractivity contribution in [1.82, 2.24) is 0 Å². The second-order valence-electron chi connectivity index (χ2n) is 15.7. The summed E-state index contributed by atoms with van der Waals surface area (Å²) >= 11 is 0. The maximum Gasteiger partial charge on any atom is 0.481 e. The zero-order chi connectivity index (χ0) is 29.7. The van der Waals surface area contributed by atoms with Crippen molar-refractivity contribution >= 4 is 15.6 Å². The van der Waals surface area contributed by atoms with Crippen LogP contribution in [0.15, 0.2) is 12.2 Å². The Hall–Kier alpha value is -0.0400. The fourth-order valence-electron chi connectivity index (χ4n) is 11.9. The SMILES string of the molecule is C=C(C)[C@@H]1CC[C@]2(COP(=O)(O)OP(=O)(O)O)CC[C@]3(C)[C@H](CC[C@@H]4[C@@]5(C)CC[C@H](O)C(C)(C)[C@@H]5CC[C@]43C)[C@@H]12. The monoisotopic (exact) mass is 602 g/mol. The molecule has 5 fully saturated rings. The van der Waals surface area contributed by atoms with E-state index >= 15 is 0 Å². The molecule has 0 aromatic carbocycles. The number of phosphoric ester groups is 1. The fraction of sp³-hybridized carbons (Fsp3) is 0.933. The molecule has 8 nitrogen and oxygen atoms in total. The second-order valence-corrected chi connectivity index (χ2v) is 18.6. The average Bonchev–Trinajstić information content (AvgIpc) is 3.20. The smallest absolute Gasteiger partial charge is 0.393 e. The van der Waals surface area contributed by atoms with Crippen LogP contribution in [-0.2, 0) is 18.0 Å². The topological polar surface area (TPSA) is 134 Å². The van der Waals surface area contributed by atoms with Crippen molar-refractivity contribution in [2.75, 3.05) is 6.61 Å². The van der Waals surface area contributed by atoms with E-state index in [4.69, 9.17) is 14.3 Å². The Morgan fingerprint density at radius 3 is 2.15 bits per heavy atom. The lowest BCUT2D eigenvalue weighted by molar-refractivity contribution is -0.249. The molecule has 0 aromatic rings. The summed E-state index contributed by atoms with van der Waals surface area (Å²) in [4.78, 5) is 28.4. The van der Waals surface area contributed by atoms with Crippen molar-refractivity contribution in [2.45, 2.75) is 112 Å². The van der Waals surface area contributed by atoms with Gasteiger partial charge in [-0.1, -0.05) is 46.8 Å². The first-order valence-electron chi connectivity index (χ1n) is 15.3. The highest BCUT2D eigenvalue weighted by atomic mass is 31.3. The highest BCUT2D eigenvalue weighted by molar-refractivity contribution is 7.60. The first-order chi connectivity index (χ1) is 18.2. The molecule has 0 saturated heterocycles. The predicted octanol–water partition coefficient (Wildman–Crippen LogP) is 7.23. The van der Waals surface area contributed by atoms with E-state index in [-0.39, 0.29) is 51.6 Å². The van der Waals surface area contributed by atoms with Gasteiger partial charge in [0.05, 0.1) is 12.7 Å². The third kappa shape index (κ3) is 4.62. The molecule has 0 spiro atoms. The van der Waals surface area contributed by atoms with Gasteiger partial charge in [-0.25, -0.2) is 9.13 Å². The van der Waals surface area contributed by atoms with E-state index in [2.05, 4.69) is 52.4 Å². The van der Waals surface area contributed by atoms with Crippen LogP contribution in [0.3, 0.4) is 0 Å². The van der Waals surface area contributed by atoms with Crippen molar-refractivity contribution in [3.63, 3.8) is 0 Å². The summed E-state index contributed by atoms with van der Waals surface area (Å²) < 4.78 is 33.3. The molecule has 40 heavy (non-hydrogen) atoms. The minimum atomic E-state index is -5.17. The van der Waals surface area contributed by atoms with E-state index in [0.717, 1.165) is 69.8 Å². The molecule has 5 saturated carbocycles. The number of rotatable bonds is 6. The quantitative estimate of drug-likeness (QED) is 0.185. The van der Waals surface area contributed by atoms with Gasteiger partial charge in [0.1, 0.15) is 0 Å². The van der Waals surface area contributed by atoms with Crippen LogP contribution in [0, 0.1) is 56.7 Å². The van der Waals surface area contributed by atoms with Crippen molar-refractivity contribution in [3.8, 4) is 0 Å². The molecule has 0 aromatic heterocycles. The molecule has 0 amide bonds. The summed E-state index contributed by atoms with van der Waals surface area (Å²) in [5.41, 5.74) is 1.11. The highest BCUT2D eigenvalue weighted by Crippen LogP contribution is 2.77. The lowest BCUT2D eigenvalue weighted by Crippen LogP contribution is -2.66. The molecule has 0 radical (unpaired) electrons. The van der Waals surface area contributed by atoms with Crippen LogP contribution in [0.2, 0.25) is 0 Å². The van der Waals surface area contributed by atoms with Crippen LogP contribution in [0.1, 0.15) is 106 Å². The van der Waals surface area contributed by atoms with E-state index in [1.807, 2.05) is 0 Å². The summed E-state index contributed by atoms with van der Waals surface area (Å²) in [6.07, 6.45) is 9.83. The molecule has 0 heterocycles. The van der Waals surface area contributed by atoms with Crippen LogP contribution >= 0.6 is 15.6 Å². The standard InChI is InChI=1S/C30H52O8P2/c1-19(2)20-10-15-30(18-37-40(35,36)38-39(32,33)34)17-16-28(6)21(25(20)30)8-9-23-27(5)13-12-24(31)26(3,4)22(27)11-14-29(23,28)7/h20-25,31H,1,8-18H2,2-7H3,(H,35,36)(H2,32,33,34)/t20-,21+,22-,23+,24-,25+,27-,28+,29+,30+/m0/s1. The molecule has 11 atom stereocenters. The Morgan fingerprint density at radius 2 is 1.52 bits per heavy atom. The van der Waals surface area contributed by atoms with Gasteiger partial charge >= 0.3 is 15.6 Å². The summed E-state index contributed by atoms with van der Waals surface area (Å²) in [7, 11) is -10.1.